The van der Waals surface area contributed by atoms with E-state index in [0.29, 0.717) is 6.04 Å². The first-order chi connectivity index (χ1) is 9.61. The summed E-state index contributed by atoms with van der Waals surface area (Å²) in [7, 11) is 0. The molecular formula is C16H30N4. The zero-order valence-electron chi connectivity index (χ0n) is 13.5. The van der Waals surface area contributed by atoms with Crippen LogP contribution < -0.4 is 5.32 Å². The van der Waals surface area contributed by atoms with Gasteiger partial charge in [-0.25, -0.2) is 9.67 Å². The van der Waals surface area contributed by atoms with Crippen LogP contribution >= 0.6 is 0 Å². The summed E-state index contributed by atoms with van der Waals surface area (Å²) in [4.78, 5) is 4.50. The fraction of sp³-hybridized carbons (Fsp3) is 0.875. The largest absolute Gasteiger partial charge is 0.317 e. The molecule has 0 aromatic carbocycles. The molecule has 1 heterocycles. The molecule has 3 unspecified atom stereocenters. The van der Waals surface area contributed by atoms with Crippen LogP contribution in [0, 0.1) is 17.8 Å². The number of hydrogen-bond acceptors (Lipinski definition) is 3. The molecule has 114 valence electrons. The molecular weight excluding hydrogens is 248 g/mol. The maximum Gasteiger partial charge on any atom is 0.138 e. The van der Waals surface area contributed by atoms with Crippen molar-refractivity contribution in [2.24, 2.45) is 17.8 Å². The van der Waals surface area contributed by atoms with Gasteiger partial charge in [-0.15, -0.1) is 0 Å². The summed E-state index contributed by atoms with van der Waals surface area (Å²) >= 11 is 0. The van der Waals surface area contributed by atoms with Gasteiger partial charge in [0.15, 0.2) is 0 Å². The Bertz CT molecular complexity index is 397. The summed E-state index contributed by atoms with van der Waals surface area (Å²) in [6, 6.07) is 0.403. The predicted molar refractivity (Wildman–Crippen MR) is 82.6 cm³/mol. The highest BCUT2D eigenvalue weighted by atomic mass is 15.3. The highest BCUT2D eigenvalue weighted by Crippen LogP contribution is 2.35. The molecule has 0 radical (unpaired) electrons. The van der Waals surface area contributed by atoms with E-state index in [2.05, 4.69) is 47.8 Å². The first-order valence-corrected chi connectivity index (χ1v) is 8.20. The summed E-state index contributed by atoms with van der Waals surface area (Å²) in [5, 5.41) is 7.91. The number of hydrogen-bond donors (Lipinski definition) is 1. The van der Waals surface area contributed by atoms with Gasteiger partial charge < -0.3 is 5.32 Å². The summed E-state index contributed by atoms with van der Waals surface area (Å²) < 4.78 is 2.09. The molecule has 0 spiro atoms. The highest BCUT2D eigenvalue weighted by Gasteiger charge is 2.29. The zero-order valence-corrected chi connectivity index (χ0v) is 13.5. The Labute approximate surface area is 123 Å². The van der Waals surface area contributed by atoms with Crippen molar-refractivity contribution >= 4 is 0 Å². The average Bonchev–Trinajstić information content (AvgIpc) is 2.86. The van der Waals surface area contributed by atoms with Crippen molar-refractivity contribution < 1.29 is 0 Å². The third-order valence-electron chi connectivity index (χ3n) is 4.64. The second-order valence-corrected chi connectivity index (χ2v) is 6.66. The monoisotopic (exact) mass is 278 g/mol. The van der Waals surface area contributed by atoms with Gasteiger partial charge in [-0.2, -0.15) is 5.10 Å². The van der Waals surface area contributed by atoms with E-state index in [1.807, 2.05) is 0 Å². The summed E-state index contributed by atoms with van der Waals surface area (Å²) in [5.74, 6) is 3.57. The van der Waals surface area contributed by atoms with E-state index < -0.39 is 0 Å². The van der Waals surface area contributed by atoms with Crippen LogP contribution in [0.15, 0.2) is 6.33 Å². The van der Waals surface area contributed by atoms with Crippen LogP contribution in [0.1, 0.15) is 58.8 Å². The third-order valence-corrected chi connectivity index (χ3v) is 4.64. The van der Waals surface area contributed by atoms with Crippen LogP contribution in [0.4, 0.5) is 0 Å². The molecule has 1 aromatic rings. The number of nitrogens with one attached hydrogen (secondary N) is 1. The van der Waals surface area contributed by atoms with Crippen molar-refractivity contribution in [2.45, 2.75) is 59.4 Å². The van der Waals surface area contributed by atoms with Gasteiger partial charge >= 0.3 is 0 Å². The Kier molecular flexibility index (Phi) is 5.58. The highest BCUT2D eigenvalue weighted by molar-refractivity contribution is 4.93. The van der Waals surface area contributed by atoms with E-state index in [1.165, 1.54) is 25.1 Å². The molecule has 4 heteroatoms. The molecule has 0 saturated heterocycles. The molecule has 3 atom stereocenters. The summed E-state index contributed by atoms with van der Waals surface area (Å²) in [6.07, 6.45) is 6.86. The van der Waals surface area contributed by atoms with Gasteiger partial charge in [0.1, 0.15) is 12.2 Å². The molecule has 2 rings (SSSR count). The maximum absolute atomic E-state index is 4.50. The minimum absolute atomic E-state index is 0.403. The lowest BCUT2D eigenvalue weighted by Gasteiger charge is -2.35. The molecule has 1 saturated carbocycles. The Morgan fingerprint density at radius 2 is 2.15 bits per heavy atom. The second-order valence-electron chi connectivity index (χ2n) is 6.66. The van der Waals surface area contributed by atoms with E-state index in [1.54, 1.807) is 6.33 Å². The Morgan fingerprint density at radius 3 is 2.85 bits per heavy atom. The van der Waals surface area contributed by atoms with E-state index >= 15 is 0 Å². The van der Waals surface area contributed by atoms with Gasteiger partial charge in [-0.1, -0.05) is 20.3 Å². The smallest absolute Gasteiger partial charge is 0.138 e. The van der Waals surface area contributed by atoms with Gasteiger partial charge in [0.2, 0.25) is 0 Å². The average molecular weight is 278 g/mol. The van der Waals surface area contributed by atoms with Gasteiger partial charge in [-0.05, 0) is 57.5 Å². The molecule has 1 aliphatic rings. The Hall–Kier alpha value is -0.900. The fourth-order valence-corrected chi connectivity index (χ4v) is 3.50. The van der Waals surface area contributed by atoms with E-state index in [4.69, 9.17) is 0 Å². The quantitative estimate of drug-likeness (QED) is 0.869. The molecule has 4 nitrogen and oxygen atoms in total. The molecule has 0 bridgehead atoms. The van der Waals surface area contributed by atoms with Crippen molar-refractivity contribution in [3.8, 4) is 0 Å². The van der Waals surface area contributed by atoms with Crippen LogP contribution in [0.5, 0.6) is 0 Å². The van der Waals surface area contributed by atoms with Crippen molar-refractivity contribution in [1.29, 1.82) is 0 Å². The fourth-order valence-electron chi connectivity index (χ4n) is 3.50. The van der Waals surface area contributed by atoms with Crippen molar-refractivity contribution in [3.63, 3.8) is 0 Å². The molecule has 0 aliphatic heterocycles. The summed E-state index contributed by atoms with van der Waals surface area (Å²) in [5.41, 5.74) is 0. The molecule has 20 heavy (non-hydrogen) atoms. The molecule has 1 N–H and O–H groups in total. The Balaban J connectivity index is 2.04. The zero-order chi connectivity index (χ0) is 14.5. The first-order valence-electron chi connectivity index (χ1n) is 8.20. The van der Waals surface area contributed by atoms with E-state index in [0.717, 1.165) is 37.3 Å². The van der Waals surface area contributed by atoms with E-state index in [-0.39, 0.29) is 0 Å². The summed E-state index contributed by atoms with van der Waals surface area (Å²) in [6.45, 7) is 11.2. The normalized spacial score (nSPS) is 27.1. The number of nitrogens with zero attached hydrogens (tertiary/aromatic N) is 3. The number of aromatic nitrogens is 3. The predicted octanol–water partition coefficient (Wildman–Crippen LogP) is 3.06. The first kappa shape index (κ1) is 15.5. The molecule has 0 amide bonds. The van der Waals surface area contributed by atoms with Crippen LogP contribution in [-0.4, -0.2) is 27.9 Å². The maximum atomic E-state index is 4.50. The standard InChI is InChI=1S/C16H30N4/c1-5-17-10-14-7-6-13(4)8-15(14)9-16-18-11-19-20(16)12(2)3/h11-15,17H,5-10H2,1-4H3. The second kappa shape index (κ2) is 7.21. The van der Waals surface area contributed by atoms with Crippen LogP contribution in [0.2, 0.25) is 0 Å². The number of rotatable bonds is 6. The van der Waals surface area contributed by atoms with Crippen LogP contribution in [0.3, 0.4) is 0 Å². The van der Waals surface area contributed by atoms with Gasteiger partial charge in [0.25, 0.3) is 0 Å². The molecule has 1 fully saturated rings. The van der Waals surface area contributed by atoms with Gasteiger partial charge in [0.05, 0.1) is 0 Å². The van der Waals surface area contributed by atoms with Gasteiger partial charge in [0, 0.05) is 12.5 Å². The van der Waals surface area contributed by atoms with Crippen molar-refractivity contribution in [1.82, 2.24) is 20.1 Å². The van der Waals surface area contributed by atoms with Crippen LogP contribution in [-0.2, 0) is 6.42 Å². The Morgan fingerprint density at radius 1 is 1.35 bits per heavy atom. The minimum atomic E-state index is 0.403. The SMILES string of the molecule is CCNCC1CCC(C)CC1Cc1ncnn1C(C)C. The lowest BCUT2D eigenvalue weighted by atomic mass is 9.73. The van der Waals surface area contributed by atoms with Crippen molar-refractivity contribution in [2.75, 3.05) is 13.1 Å². The lowest BCUT2D eigenvalue weighted by molar-refractivity contribution is 0.180. The topological polar surface area (TPSA) is 42.7 Å². The molecule has 1 aliphatic carbocycles. The third kappa shape index (κ3) is 3.81. The van der Waals surface area contributed by atoms with E-state index in [9.17, 15) is 0 Å². The van der Waals surface area contributed by atoms with Crippen molar-refractivity contribution in [3.05, 3.63) is 12.2 Å². The van der Waals surface area contributed by atoms with Gasteiger partial charge in [-0.3, -0.25) is 0 Å². The minimum Gasteiger partial charge on any atom is -0.317 e. The molecule has 1 aromatic heterocycles. The lowest BCUT2D eigenvalue weighted by Crippen LogP contribution is -2.34. The van der Waals surface area contributed by atoms with Crippen LogP contribution in [0.25, 0.3) is 0 Å².